The fraction of sp³-hybridized carbons (Fsp3) is 0.857. The first-order chi connectivity index (χ1) is 12.1. The first kappa shape index (κ1) is 22.2. The fourth-order valence-electron chi connectivity index (χ4n) is 3.84. The number of rotatable bonds is 13. The van der Waals surface area contributed by atoms with Crippen LogP contribution in [0.4, 0.5) is 0 Å². The molecule has 1 rings (SSSR count). The summed E-state index contributed by atoms with van der Waals surface area (Å²) in [5.74, 6) is 0.855. The van der Waals surface area contributed by atoms with Crippen molar-refractivity contribution in [3.63, 3.8) is 0 Å². The molecule has 4 nitrogen and oxygen atoms in total. The van der Waals surface area contributed by atoms with Gasteiger partial charge in [-0.1, -0.05) is 57.6 Å². The summed E-state index contributed by atoms with van der Waals surface area (Å²) < 4.78 is 0. The van der Waals surface area contributed by atoms with Crippen LogP contribution in [0.2, 0.25) is 0 Å². The largest absolute Gasteiger partial charge is 0.393 e. The van der Waals surface area contributed by atoms with Gasteiger partial charge in [-0.25, -0.2) is 0 Å². The Morgan fingerprint density at radius 1 is 1.16 bits per heavy atom. The average Bonchev–Trinajstić information content (AvgIpc) is 2.96. The van der Waals surface area contributed by atoms with Gasteiger partial charge >= 0.3 is 0 Å². The summed E-state index contributed by atoms with van der Waals surface area (Å²) in [5, 5.41) is 23.0. The molecule has 0 aromatic rings. The summed E-state index contributed by atoms with van der Waals surface area (Å²) in [6.45, 7) is 2.17. The molecule has 0 spiro atoms. The van der Waals surface area contributed by atoms with E-state index in [2.05, 4.69) is 18.3 Å². The third kappa shape index (κ3) is 9.41. The van der Waals surface area contributed by atoms with Gasteiger partial charge in [0.05, 0.1) is 12.2 Å². The van der Waals surface area contributed by atoms with Crippen molar-refractivity contribution in [1.29, 1.82) is 0 Å². The van der Waals surface area contributed by atoms with Gasteiger partial charge < -0.3 is 15.5 Å². The molecule has 1 amide bonds. The normalized spacial score (nSPS) is 24.7. The molecule has 0 saturated heterocycles. The first-order valence-corrected chi connectivity index (χ1v) is 10.3. The highest BCUT2D eigenvalue weighted by Crippen LogP contribution is 2.36. The average molecular weight is 354 g/mol. The van der Waals surface area contributed by atoms with E-state index >= 15 is 0 Å². The van der Waals surface area contributed by atoms with Crippen LogP contribution in [-0.2, 0) is 4.79 Å². The molecule has 0 aliphatic heterocycles. The van der Waals surface area contributed by atoms with Gasteiger partial charge in [0.2, 0.25) is 5.91 Å². The van der Waals surface area contributed by atoms with Crippen LogP contribution in [0, 0.1) is 11.8 Å². The van der Waals surface area contributed by atoms with Crippen LogP contribution in [0.15, 0.2) is 12.2 Å². The molecule has 4 unspecified atom stereocenters. The quantitative estimate of drug-likeness (QED) is 0.347. The number of carbonyl (C=O) groups is 1. The summed E-state index contributed by atoms with van der Waals surface area (Å²) in [7, 11) is 1.68. The Kier molecular flexibility index (Phi) is 11.8. The maximum absolute atomic E-state index is 11.2. The molecule has 4 heteroatoms. The smallest absolute Gasteiger partial charge is 0.219 e. The zero-order chi connectivity index (χ0) is 18.5. The Morgan fingerprint density at radius 2 is 1.92 bits per heavy atom. The van der Waals surface area contributed by atoms with Gasteiger partial charge in [-0.05, 0) is 43.9 Å². The highest BCUT2D eigenvalue weighted by atomic mass is 16.3. The van der Waals surface area contributed by atoms with Crippen molar-refractivity contribution in [1.82, 2.24) is 5.32 Å². The number of aliphatic hydroxyl groups excluding tert-OH is 2. The molecule has 4 atom stereocenters. The summed E-state index contributed by atoms with van der Waals surface area (Å²) in [6.07, 6.45) is 15.7. The molecule has 0 aromatic carbocycles. The Hall–Kier alpha value is -0.870. The maximum atomic E-state index is 11.2. The minimum Gasteiger partial charge on any atom is -0.393 e. The van der Waals surface area contributed by atoms with E-state index in [9.17, 15) is 15.0 Å². The summed E-state index contributed by atoms with van der Waals surface area (Å²) in [6, 6.07) is 0. The van der Waals surface area contributed by atoms with Crippen molar-refractivity contribution < 1.29 is 15.0 Å². The third-order valence-electron chi connectivity index (χ3n) is 5.49. The zero-order valence-corrected chi connectivity index (χ0v) is 16.3. The highest BCUT2D eigenvalue weighted by Gasteiger charge is 2.32. The van der Waals surface area contributed by atoms with Crippen molar-refractivity contribution in [3.8, 4) is 0 Å². The molecule has 146 valence electrons. The Balaban J connectivity index is 2.25. The van der Waals surface area contributed by atoms with E-state index in [1.807, 2.05) is 6.08 Å². The lowest BCUT2D eigenvalue weighted by Crippen LogP contribution is -2.18. The molecule has 0 aromatic heterocycles. The SMILES string of the molecule is CCCCCC(O)C=CC1CCC(O)C1CCCCCCC(=O)NC. The summed E-state index contributed by atoms with van der Waals surface area (Å²) in [5.41, 5.74) is 0. The molecule has 1 fully saturated rings. The van der Waals surface area contributed by atoms with Crippen molar-refractivity contribution in [2.75, 3.05) is 7.05 Å². The second kappa shape index (κ2) is 13.3. The van der Waals surface area contributed by atoms with Crippen LogP contribution in [0.25, 0.3) is 0 Å². The van der Waals surface area contributed by atoms with Crippen molar-refractivity contribution in [2.24, 2.45) is 11.8 Å². The number of hydrogen-bond acceptors (Lipinski definition) is 3. The maximum Gasteiger partial charge on any atom is 0.219 e. The fourth-order valence-corrected chi connectivity index (χ4v) is 3.84. The van der Waals surface area contributed by atoms with Gasteiger partial charge in [-0.2, -0.15) is 0 Å². The van der Waals surface area contributed by atoms with E-state index in [1.54, 1.807) is 7.05 Å². The van der Waals surface area contributed by atoms with Crippen molar-refractivity contribution >= 4 is 5.91 Å². The lowest BCUT2D eigenvalue weighted by Gasteiger charge is -2.20. The van der Waals surface area contributed by atoms with Crippen LogP contribution in [-0.4, -0.2) is 35.4 Å². The van der Waals surface area contributed by atoms with Crippen LogP contribution in [0.5, 0.6) is 0 Å². The van der Waals surface area contributed by atoms with E-state index < -0.39 is 0 Å². The van der Waals surface area contributed by atoms with Crippen LogP contribution >= 0.6 is 0 Å². The number of carbonyl (C=O) groups excluding carboxylic acids is 1. The van der Waals surface area contributed by atoms with E-state index in [1.165, 1.54) is 12.8 Å². The van der Waals surface area contributed by atoms with Crippen LogP contribution < -0.4 is 5.32 Å². The standard InChI is InChI=1S/C21H39NO3/c1-3-4-7-10-18(23)15-13-17-14-16-20(24)19(17)11-8-5-6-9-12-21(25)22-2/h13,15,17-20,23-24H,3-12,14,16H2,1-2H3,(H,22,25). The van der Waals surface area contributed by atoms with Crippen LogP contribution in [0.1, 0.15) is 84.0 Å². The minimum absolute atomic E-state index is 0.119. The van der Waals surface area contributed by atoms with E-state index in [-0.39, 0.29) is 18.1 Å². The molecule has 1 aliphatic rings. The lowest BCUT2D eigenvalue weighted by atomic mass is 9.88. The number of nitrogens with one attached hydrogen (secondary N) is 1. The summed E-state index contributed by atoms with van der Waals surface area (Å²) in [4.78, 5) is 11.2. The van der Waals surface area contributed by atoms with Gasteiger partial charge in [-0.15, -0.1) is 0 Å². The molecule has 3 N–H and O–H groups in total. The molecule has 1 aliphatic carbocycles. The second-order valence-electron chi connectivity index (χ2n) is 7.55. The molecular formula is C21H39NO3. The molecule has 0 heterocycles. The Bertz CT molecular complexity index is 383. The topological polar surface area (TPSA) is 69.6 Å². The van der Waals surface area contributed by atoms with E-state index in [0.29, 0.717) is 18.3 Å². The third-order valence-corrected chi connectivity index (χ3v) is 5.49. The summed E-state index contributed by atoms with van der Waals surface area (Å²) >= 11 is 0. The Morgan fingerprint density at radius 3 is 2.64 bits per heavy atom. The van der Waals surface area contributed by atoms with Gasteiger partial charge in [0.1, 0.15) is 0 Å². The molecule has 25 heavy (non-hydrogen) atoms. The number of aliphatic hydroxyl groups is 2. The predicted octanol–water partition coefficient (Wildman–Crippen LogP) is 3.96. The van der Waals surface area contributed by atoms with E-state index in [4.69, 9.17) is 0 Å². The number of unbranched alkanes of at least 4 members (excludes halogenated alkanes) is 5. The van der Waals surface area contributed by atoms with Gasteiger partial charge in [0.15, 0.2) is 0 Å². The molecule has 0 bridgehead atoms. The van der Waals surface area contributed by atoms with Crippen molar-refractivity contribution in [2.45, 2.75) is 96.2 Å². The number of allylic oxidation sites excluding steroid dienone is 1. The lowest BCUT2D eigenvalue weighted by molar-refractivity contribution is -0.120. The van der Waals surface area contributed by atoms with Gasteiger partial charge in [-0.3, -0.25) is 4.79 Å². The monoisotopic (exact) mass is 353 g/mol. The van der Waals surface area contributed by atoms with Gasteiger partial charge in [0.25, 0.3) is 0 Å². The molecule has 1 saturated carbocycles. The minimum atomic E-state index is -0.338. The van der Waals surface area contributed by atoms with Gasteiger partial charge in [0, 0.05) is 13.5 Å². The van der Waals surface area contributed by atoms with E-state index in [0.717, 1.165) is 57.8 Å². The first-order valence-electron chi connectivity index (χ1n) is 10.3. The van der Waals surface area contributed by atoms with Crippen LogP contribution in [0.3, 0.4) is 0 Å². The second-order valence-corrected chi connectivity index (χ2v) is 7.55. The zero-order valence-electron chi connectivity index (χ0n) is 16.3. The molecule has 0 radical (unpaired) electrons. The number of hydrogen-bond donors (Lipinski definition) is 3. The molecular weight excluding hydrogens is 314 g/mol. The Labute approximate surface area is 154 Å². The van der Waals surface area contributed by atoms with Crippen molar-refractivity contribution in [3.05, 3.63) is 12.2 Å². The predicted molar refractivity (Wildman–Crippen MR) is 103 cm³/mol. The highest BCUT2D eigenvalue weighted by molar-refractivity contribution is 5.75. The number of amides is 1.